The Morgan fingerprint density at radius 2 is 1.79 bits per heavy atom. The molecule has 1 heterocycles. The molecule has 0 unspecified atom stereocenters. The van der Waals surface area contributed by atoms with E-state index in [0.717, 1.165) is 0 Å². The van der Waals surface area contributed by atoms with E-state index in [1.54, 1.807) is 18.2 Å². The molecule has 0 bridgehead atoms. The van der Waals surface area contributed by atoms with Gasteiger partial charge in [-0.05, 0) is 29.7 Å². The van der Waals surface area contributed by atoms with Gasteiger partial charge in [0.15, 0.2) is 0 Å². The fourth-order valence-corrected chi connectivity index (χ4v) is 3.08. The van der Waals surface area contributed by atoms with Crippen molar-refractivity contribution in [1.29, 1.82) is 0 Å². The van der Waals surface area contributed by atoms with Crippen molar-refractivity contribution >= 4 is 40.3 Å². The molecule has 0 fully saturated rings. The number of ketones is 1. The fourth-order valence-electron chi connectivity index (χ4n) is 1.67. The van der Waals surface area contributed by atoms with Crippen LogP contribution in [-0.4, -0.2) is 5.78 Å². The predicted molar refractivity (Wildman–Crippen MR) is 82.9 cm³/mol. The second kappa shape index (κ2) is 5.28. The normalized spacial score (nSPS) is 11.6. The van der Waals surface area contributed by atoms with Crippen LogP contribution in [0.4, 0.5) is 0 Å². The highest BCUT2D eigenvalue weighted by Gasteiger charge is 2.20. The lowest BCUT2D eigenvalue weighted by atomic mass is 9.95. The third-order valence-corrected chi connectivity index (χ3v) is 5.09. The Hall–Kier alpha value is -0.830. The molecule has 0 aliphatic rings. The van der Waals surface area contributed by atoms with Crippen molar-refractivity contribution in [2.45, 2.75) is 26.2 Å². The minimum absolute atomic E-state index is 0.0430. The van der Waals surface area contributed by atoms with Gasteiger partial charge in [0, 0.05) is 10.4 Å². The van der Waals surface area contributed by atoms with E-state index in [4.69, 9.17) is 23.2 Å². The lowest BCUT2D eigenvalue weighted by Gasteiger charge is -2.15. The molecule has 1 aromatic carbocycles. The number of hydrogen-bond acceptors (Lipinski definition) is 2. The van der Waals surface area contributed by atoms with Crippen molar-refractivity contribution in [3.05, 3.63) is 55.7 Å². The van der Waals surface area contributed by atoms with Gasteiger partial charge in [-0.1, -0.05) is 50.0 Å². The number of halogens is 2. The van der Waals surface area contributed by atoms with Gasteiger partial charge in [0.1, 0.15) is 0 Å². The Bertz CT molecular complexity index is 623. The number of thiophene rings is 1. The third kappa shape index (κ3) is 3.02. The van der Waals surface area contributed by atoms with E-state index < -0.39 is 0 Å². The Morgan fingerprint density at radius 3 is 2.37 bits per heavy atom. The zero-order chi connectivity index (χ0) is 14.2. The maximum absolute atomic E-state index is 12.4. The Kier molecular flexibility index (Phi) is 4.05. The van der Waals surface area contributed by atoms with Crippen LogP contribution in [0, 0.1) is 0 Å². The van der Waals surface area contributed by atoms with E-state index >= 15 is 0 Å². The quantitative estimate of drug-likeness (QED) is 0.661. The third-order valence-electron chi connectivity index (χ3n) is 2.77. The van der Waals surface area contributed by atoms with E-state index in [-0.39, 0.29) is 11.2 Å². The molecule has 0 radical (unpaired) electrons. The highest BCUT2D eigenvalue weighted by molar-refractivity contribution is 7.14. The fraction of sp³-hybridized carbons (Fsp3) is 0.267. The molecular weight excluding hydrogens is 299 g/mol. The summed E-state index contributed by atoms with van der Waals surface area (Å²) in [5.74, 6) is -0.0759. The van der Waals surface area contributed by atoms with Crippen molar-refractivity contribution in [3.8, 4) is 0 Å². The molecule has 0 atom stereocenters. The molecule has 1 nitrogen and oxygen atoms in total. The molecule has 0 aliphatic carbocycles. The van der Waals surface area contributed by atoms with Crippen LogP contribution < -0.4 is 0 Å². The van der Waals surface area contributed by atoms with E-state index in [2.05, 4.69) is 20.8 Å². The summed E-state index contributed by atoms with van der Waals surface area (Å²) < 4.78 is 0. The lowest BCUT2D eigenvalue weighted by Crippen LogP contribution is -2.08. The average Bonchev–Trinajstić information content (AvgIpc) is 2.81. The Balaban J connectivity index is 2.40. The molecule has 1 aromatic heterocycles. The largest absolute Gasteiger partial charge is 0.288 e. The van der Waals surface area contributed by atoms with Crippen molar-refractivity contribution in [2.24, 2.45) is 0 Å². The van der Waals surface area contributed by atoms with Crippen LogP contribution in [-0.2, 0) is 5.41 Å². The van der Waals surface area contributed by atoms with E-state index in [9.17, 15) is 4.79 Å². The summed E-state index contributed by atoms with van der Waals surface area (Å²) in [5, 5.41) is 0.722. The monoisotopic (exact) mass is 312 g/mol. The number of hydrogen-bond donors (Lipinski definition) is 0. The topological polar surface area (TPSA) is 17.1 Å². The maximum atomic E-state index is 12.4. The van der Waals surface area contributed by atoms with Crippen LogP contribution in [0.15, 0.2) is 30.3 Å². The first-order chi connectivity index (χ1) is 8.80. The first kappa shape index (κ1) is 14.6. The van der Waals surface area contributed by atoms with Gasteiger partial charge in [0.2, 0.25) is 5.78 Å². The first-order valence-corrected chi connectivity index (χ1v) is 7.47. The summed E-state index contributed by atoms with van der Waals surface area (Å²) in [6.45, 7) is 6.37. The molecule has 2 aromatic rings. The first-order valence-electron chi connectivity index (χ1n) is 5.90. The second-order valence-corrected chi connectivity index (χ2v) is 7.21. The molecule has 0 saturated heterocycles. The molecular formula is C15H14Cl2OS. The highest BCUT2D eigenvalue weighted by atomic mass is 35.5. The van der Waals surface area contributed by atoms with E-state index in [1.165, 1.54) is 16.2 Å². The summed E-state index contributed by atoms with van der Waals surface area (Å²) in [5.41, 5.74) is 0.498. The van der Waals surface area contributed by atoms with E-state index in [1.807, 2.05) is 12.1 Å². The summed E-state index contributed by atoms with van der Waals surface area (Å²) in [6.07, 6.45) is 0. The van der Waals surface area contributed by atoms with Crippen LogP contribution in [0.2, 0.25) is 10.0 Å². The molecule has 4 heteroatoms. The standard InChI is InChI=1S/C15H14Cl2OS/c1-15(2,3)12-8-7-11(19-12)14(18)9-5-4-6-10(16)13(9)17/h4-8H,1-3H3. The summed E-state index contributed by atoms with van der Waals surface area (Å²) in [7, 11) is 0. The molecule has 0 N–H and O–H groups in total. The minimum atomic E-state index is -0.0759. The SMILES string of the molecule is CC(C)(C)c1ccc(C(=O)c2cccc(Cl)c2Cl)s1. The molecule has 19 heavy (non-hydrogen) atoms. The van der Waals surface area contributed by atoms with Gasteiger partial charge >= 0.3 is 0 Å². The zero-order valence-corrected chi connectivity index (χ0v) is 13.3. The zero-order valence-electron chi connectivity index (χ0n) is 11.0. The molecule has 100 valence electrons. The van der Waals surface area contributed by atoms with Crippen LogP contribution in [0.3, 0.4) is 0 Å². The maximum Gasteiger partial charge on any atom is 0.204 e. The van der Waals surface area contributed by atoms with Gasteiger partial charge in [-0.15, -0.1) is 11.3 Å². The highest BCUT2D eigenvalue weighted by Crippen LogP contribution is 2.33. The summed E-state index contributed by atoms with van der Waals surface area (Å²) in [4.78, 5) is 14.3. The second-order valence-electron chi connectivity index (χ2n) is 5.34. The van der Waals surface area contributed by atoms with Crippen molar-refractivity contribution in [1.82, 2.24) is 0 Å². The van der Waals surface area contributed by atoms with Gasteiger partial charge in [0.25, 0.3) is 0 Å². The average molecular weight is 313 g/mol. The van der Waals surface area contributed by atoms with Crippen molar-refractivity contribution in [3.63, 3.8) is 0 Å². The molecule has 0 aliphatic heterocycles. The number of rotatable bonds is 2. The number of carbonyl (C=O) groups excluding carboxylic acids is 1. The molecule has 0 spiro atoms. The van der Waals surface area contributed by atoms with Crippen LogP contribution >= 0.6 is 34.5 Å². The molecule has 0 amide bonds. The van der Waals surface area contributed by atoms with Crippen molar-refractivity contribution in [2.75, 3.05) is 0 Å². The summed E-state index contributed by atoms with van der Waals surface area (Å²) in [6, 6.07) is 8.96. The van der Waals surface area contributed by atoms with E-state index in [0.29, 0.717) is 20.5 Å². The van der Waals surface area contributed by atoms with Crippen molar-refractivity contribution < 1.29 is 4.79 Å². The Labute approximate surface area is 127 Å². The predicted octanol–water partition coefficient (Wildman–Crippen LogP) is 5.58. The smallest absolute Gasteiger partial charge is 0.204 e. The van der Waals surface area contributed by atoms with Gasteiger partial charge in [0.05, 0.1) is 14.9 Å². The lowest BCUT2D eigenvalue weighted by molar-refractivity contribution is 0.104. The van der Waals surface area contributed by atoms with Crippen LogP contribution in [0.5, 0.6) is 0 Å². The van der Waals surface area contributed by atoms with Gasteiger partial charge < -0.3 is 0 Å². The van der Waals surface area contributed by atoms with Gasteiger partial charge in [-0.2, -0.15) is 0 Å². The number of carbonyl (C=O) groups is 1. The Morgan fingerprint density at radius 1 is 1.11 bits per heavy atom. The van der Waals surface area contributed by atoms with Crippen LogP contribution in [0.25, 0.3) is 0 Å². The molecule has 2 rings (SSSR count). The summed E-state index contributed by atoms with van der Waals surface area (Å²) >= 11 is 13.5. The van der Waals surface area contributed by atoms with Gasteiger partial charge in [-0.25, -0.2) is 0 Å². The van der Waals surface area contributed by atoms with Gasteiger partial charge in [-0.3, -0.25) is 4.79 Å². The number of benzene rings is 1. The minimum Gasteiger partial charge on any atom is -0.288 e. The van der Waals surface area contributed by atoms with Crippen LogP contribution in [0.1, 0.15) is 40.9 Å². The molecule has 0 saturated carbocycles.